The van der Waals surface area contributed by atoms with Crippen LogP contribution in [-0.4, -0.2) is 81.2 Å². The standard InChI is InChI=1S/C18H30N4O2/c1-20(2)10-4-9-19-18(23)22-13-11-21(12-14-22)15-16-5-7-17(24-3)8-6-16/h5-8H,4,9-15H2,1-3H3,(H,19,23). The maximum absolute atomic E-state index is 12.1. The normalized spacial score (nSPS) is 15.6. The first-order valence-electron chi connectivity index (χ1n) is 8.61. The van der Waals surface area contributed by atoms with E-state index in [2.05, 4.69) is 27.2 Å². The van der Waals surface area contributed by atoms with Gasteiger partial charge in [-0.2, -0.15) is 0 Å². The van der Waals surface area contributed by atoms with E-state index in [4.69, 9.17) is 4.74 Å². The molecule has 0 aromatic heterocycles. The molecule has 2 rings (SSSR count). The second-order valence-electron chi connectivity index (χ2n) is 6.50. The van der Waals surface area contributed by atoms with Gasteiger partial charge in [0.2, 0.25) is 0 Å². The molecule has 0 unspecified atom stereocenters. The summed E-state index contributed by atoms with van der Waals surface area (Å²) in [7, 11) is 5.77. The maximum atomic E-state index is 12.1. The van der Waals surface area contributed by atoms with Gasteiger partial charge in [-0.25, -0.2) is 4.79 Å². The summed E-state index contributed by atoms with van der Waals surface area (Å²) in [6.07, 6.45) is 0.982. The van der Waals surface area contributed by atoms with E-state index in [1.165, 1.54) is 5.56 Å². The molecule has 6 heteroatoms. The predicted octanol–water partition coefficient (Wildman–Crippen LogP) is 1.47. The molecule has 1 aromatic carbocycles. The molecular formula is C18H30N4O2. The Balaban J connectivity index is 1.67. The van der Waals surface area contributed by atoms with Crippen molar-refractivity contribution in [2.75, 3.05) is 60.5 Å². The lowest BCUT2D eigenvalue weighted by molar-refractivity contribution is 0.135. The fourth-order valence-electron chi connectivity index (χ4n) is 2.80. The fraction of sp³-hybridized carbons (Fsp3) is 0.611. The molecule has 134 valence electrons. The lowest BCUT2D eigenvalue weighted by Crippen LogP contribution is -2.51. The van der Waals surface area contributed by atoms with Crippen molar-refractivity contribution in [1.82, 2.24) is 20.0 Å². The van der Waals surface area contributed by atoms with Crippen molar-refractivity contribution < 1.29 is 9.53 Å². The molecule has 0 aliphatic carbocycles. The van der Waals surface area contributed by atoms with Crippen molar-refractivity contribution >= 4 is 6.03 Å². The zero-order valence-corrected chi connectivity index (χ0v) is 15.1. The molecule has 0 spiro atoms. The average molecular weight is 334 g/mol. The smallest absolute Gasteiger partial charge is 0.317 e. The summed E-state index contributed by atoms with van der Waals surface area (Å²) in [5.41, 5.74) is 1.28. The minimum Gasteiger partial charge on any atom is -0.497 e. The number of hydrogen-bond donors (Lipinski definition) is 1. The van der Waals surface area contributed by atoms with Crippen molar-refractivity contribution in [3.63, 3.8) is 0 Å². The quantitative estimate of drug-likeness (QED) is 0.767. The fourth-order valence-corrected chi connectivity index (χ4v) is 2.80. The Morgan fingerprint density at radius 3 is 2.42 bits per heavy atom. The Hall–Kier alpha value is -1.79. The molecule has 1 N–H and O–H groups in total. The lowest BCUT2D eigenvalue weighted by atomic mass is 10.2. The van der Waals surface area contributed by atoms with Gasteiger partial charge in [0.1, 0.15) is 5.75 Å². The van der Waals surface area contributed by atoms with Crippen molar-refractivity contribution in [2.24, 2.45) is 0 Å². The molecule has 6 nitrogen and oxygen atoms in total. The Morgan fingerprint density at radius 2 is 1.83 bits per heavy atom. The highest BCUT2D eigenvalue weighted by Gasteiger charge is 2.20. The second kappa shape index (κ2) is 9.49. The zero-order valence-electron chi connectivity index (χ0n) is 15.1. The van der Waals surface area contributed by atoms with E-state index in [-0.39, 0.29) is 6.03 Å². The molecule has 24 heavy (non-hydrogen) atoms. The zero-order chi connectivity index (χ0) is 17.4. The third-order valence-electron chi connectivity index (χ3n) is 4.28. The highest BCUT2D eigenvalue weighted by molar-refractivity contribution is 5.74. The number of benzene rings is 1. The molecule has 1 fully saturated rings. The largest absolute Gasteiger partial charge is 0.497 e. The van der Waals surface area contributed by atoms with E-state index in [1.54, 1.807) is 7.11 Å². The molecule has 1 aromatic rings. The van der Waals surface area contributed by atoms with Gasteiger partial charge in [-0.15, -0.1) is 0 Å². The predicted molar refractivity (Wildman–Crippen MR) is 96.4 cm³/mol. The summed E-state index contributed by atoms with van der Waals surface area (Å²) in [4.78, 5) is 18.6. The highest BCUT2D eigenvalue weighted by atomic mass is 16.5. The minimum atomic E-state index is 0.0675. The highest BCUT2D eigenvalue weighted by Crippen LogP contribution is 2.14. The first-order valence-corrected chi connectivity index (χ1v) is 8.61. The van der Waals surface area contributed by atoms with Crippen molar-refractivity contribution in [1.29, 1.82) is 0 Å². The van der Waals surface area contributed by atoms with Crippen LogP contribution in [0.3, 0.4) is 0 Å². The van der Waals surface area contributed by atoms with Crippen LogP contribution in [0.4, 0.5) is 4.79 Å². The number of rotatable bonds is 7. The van der Waals surface area contributed by atoms with Gasteiger partial charge in [-0.1, -0.05) is 12.1 Å². The number of hydrogen-bond acceptors (Lipinski definition) is 4. The number of carbonyl (C=O) groups excluding carboxylic acids is 1. The monoisotopic (exact) mass is 334 g/mol. The van der Waals surface area contributed by atoms with Crippen molar-refractivity contribution in [2.45, 2.75) is 13.0 Å². The maximum Gasteiger partial charge on any atom is 0.317 e. The molecule has 1 aliphatic rings. The summed E-state index contributed by atoms with van der Waals surface area (Å²) < 4.78 is 5.19. The van der Waals surface area contributed by atoms with Gasteiger partial charge < -0.3 is 19.9 Å². The van der Waals surface area contributed by atoms with Crippen LogP contribution in [0, 0.1) is 0 Å². The van der Waals surface area contributed by atoms with Gasteiger partial charge in [0.05, 0.1) is 7.11 Å². The summed E-state index contributed by atoms with van der Waals surface area (Å²) >= 11 is 0. The van der Waals surface area contributed by atoms with E-state index in [1.807, 2.05) is 31.1 Å². The third-order valence-corrected chi connectivity index (χ3v) is 4.28. The summed E-state index contributed by atoms with van der Waals surface area (Å²) in [5, 5.41) is 3.01. The van der Waals surface area contributed by atoms with Crippen LogP contribution < -0.4 is 10.1 Å². The van der Waals surface area contributed by atoms with Gasteiger partial charge in [0, 0.05) is 39.3 Å². The number of piperazine rings is 1. The van der Waals surface area contributed by atoms with Gasteiger partial charge in [0.15, 0.2) is 0 Å². The summed E-state index contributed by atoms with van der Waals surface area (Å²) in [6, 6.07) is 8.25. The molecule has 0 saturated carbocycles. The molecule has 1 saturated heterocycles. The van der Waals surface area contributed by atoms with Crippen LogP contribution in [-0.2, 0) is 6.54 Å². The van der Waals surface area contributed by atoms with Crippen LogP contribution in [0.1, 0.15) is 12.0 Å². The van der Waals surface area contributed by atoms with Gasteiger partial charge in [0.25, 0.3) is 0 Å². The Kier molecular flexibility index (Phi) is 7.34. The Morgan fingerprint density at radius 1 is 1.17 bits per heavy atom. The van der Waals surface area contributed by atoms with Crippen LogP contribution in [0.25, 0.3) is 0 Å². The van der Waals surface area contributed by atoms with Crippen LogP contribution in [0.5, 0.6) is 5.75 Å². The lowest BCUT2D eigenvalue weighted by Gasteiger charge is -2.34. The van der Waals surface area contributed by atoms with E-state index in [9.17, 15) is 4.79 Å². The summed E-state index contributed by atoms with van der Waals surface area (Å²) in [5.74, 6) is 0.884. The minimum absolute atomic E-state index is 0.0675. The first kappa shape index (κ1) is 18.5. The van der Waals surface area contributed by atoms with E-state index in [0.717, 1.165) is 58.0 Å². The van der Waals surface area contributed by atoms with Crippen molar-refractivity contribution in [3.8, 4) is 5.75 Å². The summed E-state index contributed by atoms with van der Waals surface area (Å²) in [6.45, 7) is 6.06. The van der Waals surface area contributed by atoms with E-state index in [0.29, 0.717) is 0 Å². The van der Waals surface area contributed by atoms with Gasteiger partial charge in [-0.3, -0.25) is 4.90 Å². The molecule has 0 radical (unpaired) electrons. The van der Waals surface area contributed by atoms with Gasteiger partial charge in [-0.05, 0) is 44.8 Å². The topological polar surface area (TPSA) is 48.1 Å². The third kappa shape index (κ3) is 6.02. The number of carbonyl (C=O) groups is 1. The van der Waals surface area contributed by atoms with Crippen LogP contribution in [0.2, 0.25) is 0 Å². The van der Waals surface area contributed by atoms with E-state index >= 15 is 0 Å². The first-order chi connectivity index (χ1) is 11.6. The Bertz CT molecular complexity index is 496. The van der Waals surface area contributed by atoms with Crippen LogP contribution in [0.15, 0.2) is 24.3 Å². The van der Waals surface area contributed by atoms with Crippen molar-refractivity contribution in [3.05, 3.63) is 29.8 Å². The SMILES string of the molecule is COc1ccc(CN2CCN(C(=O)NCCCN(C)C)CC2)cc1. The van der Waals surface area contributed by atoms with E-state index < -0.39 is 0 Å². The number of nitrogens with zero attached hydrogens (tertiary/aromatic N) is 3. The van der Waals surface area contributed by atoms with Crippen LogP contribution >= 0.6 is 0 Å². The molecular weight excluding hydrogens is 304 g/mol. The molecule has 0 bridgehead atoms. The number of methoxy groups -OCH3 is 1. The molecule has 0 atom stereocenters. The number of nitrogens with one attached hydrogen (secondary N) is 1. The molecule has 1 heterocycles. The number of urea groups is 1. The Labute approximate surface area is 145 Å². The molecule has 2 amide bonds. The average Bonchev–Trinajstić information content (AvgIpc) is 2.59. The van der Waals surface area contributed by atoms with Gasteiger partial charge >= 0.3 is 6.03 Å². The number of amides is 2. The number of ether oxygens (including phenoxy) is 1. The molecule has 1 aliphatic heterocycles. The second-order valence-corrected chi connectivity index (χ2v) is 6.50.